The number of benzene rings is 3. The van der Waals surface area contributed by atoms with Crippen molar-refractivity contribution in [2.24, 2.45) is 0 Å². The smallest absolute Gasteiger partial charge is 0.337 e. The second-order valence-electron chi connectivity index (χ2n) is 7.70. The summed E-state index contributed by atoms with van der Waals surface area (Å²) in [6, 6.07) is 20.7. The van der Waals surface area contributed by atoms with Crippen LogP contribution in [0.4, 0.5) is 4.79 Å². The van der Waals surface area contributed by atoms with Crippen LogP contribution < -0.4 is 5.32 Å². The molecule has 0 fully saturated rings. The number of carboxylic acids is 1. The van der Waals surface area contributed by atoms with Crippen LogP contribution in [0.1, 0.15) is 23.6 Å². The highest BCUT2D eigenvalue weighted by molar-refractivity contribution is 5.84. The fraction of sp³-hybridized carbons (Fsp3) is 0.240. The molecule has 0 saturated carbocycles. The Morgan fingerprint density at radius 3 is 2.33 bits per heavy atom. The van der Waals surface area contributed by atoms with Gasteiger partial charge in [-0.3, -0.25) is 4.79 Å². The SMILES string of the molecule is CN(CC(O)C(=O)OCc1ccccc1)C(=O)NC(CC(=O)O)c1ccc2ccccc2c1. The van der Waals surface area contributed by atoms with Gasteiger partial charge in [0.25, 0.3) is 0 Å². The largest absolute Gasteiger partial charge is 0.481 e. The van der Waals surface area contributed by atoms with Gasteiger partial charge in [0.1, 0.15) is 6.61 Å². The van der Waals surface area contributed by atoms with Crippen molar-refractivity contribution in [3.05, 3.63) is 83.9 Å². The number of fused-ring (bicyclic) bond motifs is 1. The van der Waals surface area contributed by atoms with Crippen LogP contribution in [-0.4, -0.2) is 52.8 Å². The summed E-state index contributed by atoms with van der Waals surface area (Å²) in [7, 11) is 1.40. The van der Waals surface area contributed by atoms with Crippen molar-refractivity contribution in [3.8, 4) is 0 Å². The maximum atomic E-state index is 12.7. The van der Waals surface area contributed by atoms with Gasteiger partial charge < -0.3 is 25.2 Å². The number of aliphatic hydroxyl groups is 1. The van der Waals surface area contributed by atoms with E-state index in [2.05, 4.69) is 5.32 Å². The van der Waals surface area contributed by atoms with Crippen molar-refractivity contribution in [1.29, 1.82) is 0 Å². The van der Waals surface area contributed by atoms with Crippen LogP contribution >= 0.6 is 0 Å². The van der Waals surface area contributed by atoms with E-state index in [0.29, 0.717) is 5.56 Å². The Hall–Kier alpha value is -3.91. The Balaban J connectivity index is 1.60. The summed E-state index contributed by atoms with van der Waals surface area (Å²) in [5.74, 6) is -1.92. The lowest BCUT2D eigenvalue weighted by molar-refractivity contribution is -0.155. The van der Waals surface area contributed by atoms with E-state index >= 15 is 0 Å². The predicted octanol–water partition coefficient (Wildman–Crippen LogP) is 3.10. The highest BCUT2D eigenvalue weighted by Crippen LogP contribution is 2.23. The van der Waals surface area contributed by atoms with E-state index in [0.717, 1.165) is 21.2 Å². The molecule has 3 aromatic rings. The Bertz CT molecular complexity index is 1120. The normalized spacial score (nSPS) is 12.5. The molecular weight excluding hydrogens is 424 g/mol. The van der Waals surface area contributed by atoms with Crippen molar-refractivity contribution in [2.45, 2.75) is 25.2 Å². The molecule has 0 spiro atoms. The molecule has 0 aliphatic carbocycles. The van der Waals surface area contributed by atoms with Gasteiger partial charge >= 0.3 is 18.0 Å². The molecule has 0 aliphatic rings. The number of hydrogen-bond donors (Lipinski definition) is 3. The van der Waals surface area contributed by atoms with Gasteiger partial charge in [0.2, 0.25) is 0 Å². The number of carbonyl (C=O) groups excluding carboxylic acids is 2. The van der Waals surface area contributed by atoms with Crippen LogP contribution in [0.3, 0.4) is 0 Å². The van der Waals surface area contributed by atoms with Crippen molar-refractivity contribution in [1.82, 2.24) is 10.2 Å². The van der Waals surface area contributed by atoms with Crippen molar-refractivity contribution in [3.63, 3.8) is 0 Å². The van der Waals surface area contributed by atoms with Crippen LogP contribution in [0.25, 0.3) is 10.8 Å². The maximum Gasteiger partial charge on any atom is 0.337 e. The minimum absolute atomic E-state index is 0.00922. The number of carboxylic acid groups (broad SMARTS) is 1. The van der Waals surface area contributed by atoms with Crippen LogP contribution in [-0.2, 0) is 20.9 Å². The molecule has 2 amide bonds. The second kappa shape index (κ2) is 11.1. The first-order valence-corrected chi connectivity index (χ1v) is 10.4. The Morgan fingerprint density at radius 1 is 0.970 bits per heavy atom. The minimum Gasteiger partial charge on any atom is -0.481 e. The summed E-state index contributed by atoms with van der Waals surface area (Å²) in [4.78, 5) is 37.3. The van der Waals surface area contributed by atoms with E-state index in [1.807, 2.05) is 42.5 Å². The Kier molecular flexibility index (Phi) is 7.99. The van der Waals surface area contributed by atoms with Crippen LogP contribution in [0.15, 0.2) is 72.8 Å². The molecule has 2 atom stereocenters. The quantitative estimate of drug-likeness (QED) is 0.432. The molecular formula is C25H26N2O6. The van der Waals surface area contributed by atoms with Crippen LogP contribution in [0.5, 0.6) is 0 Å². The van der Waals surface area contributed by atoms with Gasteiger partial charge in [-0.2, -0.15) is 0 Å². The first-order chi connectivity index (χ1) is 15.8. The van der Waals surface area contributed by atoms with E-state index in [9.17, 15) is 24.6 Å². The number of rotatable bonds is 9. The summed E-state index contributed by atoms with van der Waals surface area (Å²) in [5.41, 5.74) is 1.41. The molecule has 172 valence electrons. The maximum absolute atomic E-state index is 12.7. The molecule has 2 unspecified atom stereocenters. The van der Waals surface area contributed by atoms with Crippen molar-refractivity contribution >= 4 is 28.7 Å². The van der Waals surface area contributed by atoms with Gasteiger partial charge in [0, 0.05) is 7.05 Å². The lowest BCUT2D eigenvalue weighted by atomic mass is 10.00. The zero-order valence-corrected chi connectivity index (χ0v) is 18.2. The summed E-state index contributed by atoms with van der Waals surface area (Å²) in [5, 5.41) is 24.0. The molecule has 8 heteroatoms. The summed E-state index contributed by atoms with van der Waals surface area (Å²) in [6.07, 6.45) is -1.86. The zero-order chi connectivity index (χ0) is 23.8. The molecule has 3 aromatic carbocycles. The first-order valence-electron chi connectivity index (χ1n) is 10.4. The highest BCUT2D eigenvalue weighted by atomic mass is 16.5. The molecule has 0 aliphatic heterocycles. The number of amides is 2. The van der Waals surface area contributed by atoms with E-state index in [4.69, 9.17) is 4.74 Å². The van der Waals surface area contributed by atoms with Gasteiger partial charge in [-0.05, 0) is 28.0 Å². The summed E-state index contributed by atoms with van der Waals surface area (Å²) in [6.45, 7) is -0.299. The lowest BCUT2D eigenvalue weighted by Crippen LogP contribution is -2.45. The number of esters is 1. The van der Waals surface area contributed by atoms with Crippen LogP contribution in [0.2, 0.25) is 0 Å². The lowest BCUT2D eigenvalue weighted by Gasteiger charge is -2.24. The molecule has 3 N–H and O–H groups in total. The third-order valence-corrected chi connectivity index (χ3v) is 5.14. The van der Waals surface area contributed by atoms with E-state index in [1.165, 1.54) is 7.05 Å². The second-order valence-corrected chi connectivity index (χ2v) is 7.70. The van der Waals surface area contributed by atoms with Crippen molar-refractivity contribution in [2.75, 3.05) is 13.6 Å². The molecule has 0 saturated heterocycles. The third-order valence-electron chi connectivity index (χ3n) is 5.14. The molecule has 3 rings (SSSR count). The Labute approximate surface area is 191 Å². The molecule has 0 heterocycles. The zero-order valence-electron chi connectivity index (χ0n) is 18.2. The molecule has 33 heavy (non-hydrogen) atoms. The summed E-state index contributed by atoms with van der Waals surface area (Å²) < 4.78 is 5.09. The van der Waals surface area contributed by atoms with Gasteiger partial charge in [0.05, 0.1) is 19.0 Å². The summed E-state index contributed by atoms with van der Waals surface area (Å²) >= 11 is 0. The minimum atomic E-state index is -1.54. The number of aliphatic carboxylic acids is 1. The third kappa shape index (κ3) is 6.78. The first kappa shape index (κ1) is 23.7. The Morgan fingerprint density at radius 2 is 1.64 bits per heavy atom. The number of ether oxygens (including phenoxy) is 1. The number of likely N-dealkylation sites (N-methyl/N-ethyl adjacent to an activating group) is 1. The van der Waals surface area contributed by atoms with Gasteiger partial charge in [-0.15, -0.1) is 0 Å². The molecule has 0 radical (unpaired) electrons. The van der Waals surface area contributed by atoms with Crippen molar-refractivity contribution < 1.29 is 29.3 Å². The van der Waals surface area contributed by atoms with E-state index in [1.54, 1.807) is 30.3 Å². The van der Waals surface area contributed by atoms with Gasteiger partial charge in [0.15, 0.2) is 6.10 Å². The molecule has 0 aromatic heterocycles. The van der Waals surface area contributed by atoms with E-state index < -0.39 is 30.1 Å². The predicted molar refractivity (Wildman–Crippen MR) is 122 cm³/mol. The number of nitrogens with zero attached hydrogens (tertiary/aromatic N) is 1. The topological polar surface area (TPSA) is 116 Å². The fourth-order valence-corrected chi connectivity index (χ4v) is 3.35. The molecule has 8 nitrogen and oxygen atoms in total. The number of nitrogens with one attached hydrogen (secondary N) is 1. The average Bonchev–Trinajstić information content (AvgIpc) is 2.82. The van der Waals surface area contributed by atoms with Gasteiger partial charge in [-0.25, -0.2) is 9.59 Å². The molecule has 0 bridgehead atoms. The number of aliphatic hydroxyl groups excluding tert-OH is 1. The average molecular weight is 450 g/mol. The van der Waals surface area contributed by atoms with Gasteiger partial charge in [-0.1, -0.05) is 66.7 Å². The van der Waals surface area contributed by atoms with Crippen LogP contribution in [0, 0.1) is 0 Å². The fourth-order valence-electron chi connectivity index (χ4n) is 3.35. The number of carbonyl (C=O) groups is 3. The standard InChI is InChI=1S/C25H26N2O6/c1-27(15-22(28)24(31)33-16-17-7-3-2-4-8-17)25(32)26-21(14-23(29)30)20-12-11-18-9-5-6-10-19(18)13-20/h2-13,21-22,28H,14-16H2,1H3,(H,26,32)(H,29,30). The monoisotopic (exact) mass is 450 g/mol. The van der Waals surface area contributed by atoms with E-state index in [-0.39, 0.29) is 19.6 Å². The number of urea groups is 1. The highest BCUT2D eigenvalue weighted by Gasteiger charge is 2.24. The number of hydrogen-bond acceptors (Lipinski definition) is 5.